The zero-order valence-electron chi connectivity index (χ0n) is 22.0. The summed E-state index contributed by atoms with van der Waals surface area (Å²) in [5.41, 5.74) is 19.1. The number of aromatic nitrogens is 4. The monoisotopic (exact) mass is 480 g/mol. The van der Waals surface area contributed by atoms with Crippen molar-refractivity contribution in [3.05, 3.63) is 72.4 Å². The van der Waals surface area contributed by atoms with Gasteiger partial charge in [-0.2, -0.15) is 0 Å². The van der Waals surface area contributed by atoms with Gasteiger partial charge in [0.05, 0.1) is 35.0 Å². The van der Waals surface area contributed by atoms with Crippen LogP contribution >= 0.6 is 0 Å². The van der Waals surface area contributed by atoms with Gasteiger partial charge < -0.3 is 21.4 Å². The molecule has 0 aliphatic rings. The molecule has 186 valence electrons. The van der Waals surface area contributed by atoms with Gasteiger partial charge in [-0.05, 0) is 45.0 Å². The molecule has 0 amide bonds. The molecule has 0 saturated heterocycles. The molecule has 0 unspecified atom stereocenters. The van der Waals surface area contributed by atoms with Crippen LogP contribution in [0.15, 0.2) is 60.8 Å². The molecule has 0 aliphatic carbocycles. The summed E-state index contributed by atoms with van der Waals surface area (Å²) in [4.78, 5) is 16.2. The van der Waals surface area contributed by atoms with E-state index in [1.54, 1.807) is 0 Å². The van der Waals surface area contributed by atoms with E-state index in [4.69, 9.17) is 16.5 Å². The maximum absolute atomic E-state index is 6.46. The summed E-state index contributed by atoms with van der Waals surface area (Å²) in [6.45, 7) is 12.8. The van der Waals surface area contributed by atoms with Crippen molar-refractivity contribution in [1.82, 2.24) is 19.9 Å². The van der Waals surface area contributed by atoms with E-state index in [0.717, 1.165) is 50.3 Å². The summed E-state index contributed by atoms with van der Waals surface area (Å²) in [6, 6.07) is 19.0. The van der Waals surface area contributed by atoms with Crippen molar-refractivity contribution < 1.29 is 0 Å². The number of rotatable bonds is 4. The van der Waals surface area contributed by atoms with Crippen molar-refractivity contribution in [3.63, 3.8) is 0 Å². The lowest BCUT2D eigenvalue weighted by molar-refractivity contribution is 0.317. The third-order valence-electron chi connectivity index (χ3n) is 7.07. The molecule has 0 bridgehead atoms. The van der Waals surface area contributed by atoms with Gasteiger partial charge >= 0.3 is 0 Å². The van der Waals surface area contributed by atoms with Gasteiger partial charge in [-0.3, -0.25) is 0 Å². The SMILES string of the molecule is CC(C)(C)[C@H](N)c1ncc(-c2ccc(-c3ccc4c(ccc5nc([C@@H](N)C(C)(C)C)[nH]c54)c3)cc2)[nH]1. The Morgan fingerprint density at radius 2 is 1.31 bits per heavy atom. The maximum atomic E-state index is 6.46. The molecule has 5 rings (SSSR count). The van der Waals surface area contributed by atoms with Crippen LogP contribution in [0.25, 0.3) is 44.2 Å². The second-order valence-electron chi connectivity index (χ2n) is 12.0. The molecule has 5 aromatic rings. The third-order valence-corrected chi connectivity index (χ3v) is 7.07. The highest BCUT2D eigenvalue weighted by atomic mass is 15.0. The zero-order chi connectivity index (χ0) is 25.8. The van der Waals surface area contributed by atoms with E-state index in [-0.39, 0.29) is 22.9 Å². The highest BCUT2D eigenvalue weighted by Gasteiger charge is 2.26. The van der Waals surface area contributed by atoms with Gasteiger partial charge in [0.1, 0.15) is 11.6 Å². The molecule has 0 aliphatic heterocycles. The van der Waals surface area contributed by atoms with Crippen molar-refractivity contribution in [3.8, 4) is 22.4 Å². The van der Waals surface area contributed by atoms with Crippen LogP contribution in [0.2, 0.25) is 0 Å². The second-order valence-corrected chi connectivity index (χ2v) is 12.0. The van der Waals surface area contributed by atoms with Gasteiger partial charge in [0.15, 0.2) is 0 Å². The number of hydrogen-bond acceptors (Lipinski definition) is 4. The van der Waals surface area contributed by atoms with Gasteiger partial charge in [-0.1, -0.05) is 84.0 Å². The Morgan fingerprint density at radius 1 is 0.694 bits per heavy atom. The molecule has 0 fully saturated rings. The van der Waals surface area contributed by atoms with Gasteiger partial charge in [-0.15, -0.1) is 0 Å². The number of H-pyrrole nitrogens is 2. The predicted molar refractivity (Wildman–Crippen MR) is 149 cm³/mol. The van der Waals surface area contributed by atoms with Gasteiger partial charge in [0.25, 0.3) is 0 Å². The Kier molecular flexibility index (Phi) is 5.77. The summed E-state index contributed by atoms with van der Waals surface area (Å²) in [5, 5.41) is 2.31. The summed E-state index contributed by atoms with van der Waals surface area (Å²) < 4.78 is 0. The van der Waals surface area contributed by atoms with E-state index in [0.29, 0.717) is 0 Å². The molecule has 36 heavy (non-hydrogen) atoms. The third kappa shape index (κ3) is 4.43. The Bertz CT molecular complexity index is 1530. The second kappa shape index (κ2) is 8.57. The number of nitrogens with zero attached hydrogens (tertiary/aromatic N) is 2. The van der Waals surface area contributed by atoms with Crippen molar-refractivity contribution in [2.75, 3.05) is 0 Å². The largest absolute Gasteiger partial charge is 0.341 e. The smallest absolute Gasteiger partial charge is 0.124 e. The predicted octanol–water partition coefficient (Wildman–Crippen LogP) is 6.87. The number of fused-ring (bicyclic) bond motifs is 3. The number of nitrogens with one attached hydrogen (secondary N) is 2. The maximum Gasteiger partial charge on any atom is 0.124 e. The Labute approximate surface area is 212 Å². The lowest BCUT2D eigenvalue weighted by atomic mass is 9.87. The number of benzene rings is 3. The lowest BCUT2D eigenvalue weighted by Gasteiger charge is -2.25. The van der Waals surface area contributed by atoms with Crippen molar-refractivity contribution in [2.45, 2.75) is 53.6 Å². The first-order valence-corrected chi connectivity index (χ1v) is 12.5. The van der Waals surface area contributed by atoms with Crippen LogP contribution < -0.4 is 11.5 Å². The number of imidazole rings is 2. The van der Waals surface area contributed by atoms with E-state index in [1.165, 1.54) is 5.56 Å². The van der Waals surface area contributed by atoms with Crippen LogP contribution in [0.4, 0.5) is 0 Å². The van der Waals surface area contributed by atoms with Gasteiger partial charge in [-0.25, -0.2) is 9.97 Å². The fraction of sp³-hybridized carbons (Fsp3) is 0.333. The topological polar surface area (TPSA) is 109 Å². The van der Waals surface area contributed by atoms with Crippen molar-refractivity contribution in [2.24, 2.45) is 22.3 Å². The molecule has 2 heterocycles. The van der Waals surface area contributed by atoms with Crippen LogP contribution in [0.5, 0.6) is 0 Å². The van der Waals surface area contributed by atoms with Crippen LogP contribution in [0.3, 0.4) is 0 Å². The summed E-state index contributed by atoms with van der Waals surface area (Å²) in [5.74, 6) is 1.64. The van der Waals surface area contributed by atoms with Gasteiger partial charge in [0.2, 0.25) is 0 Å². The van der Waals surface area contributed by atoms with Gasteiger partial charge in [0, 0.05) is 5.39 Å². The van der Waals surface area contributed by atoms with Crippen LogP contribution in [0, 0.1) is 10.8 Å². The zero-order valence-corrected chi connectivity index (χ0v) is 22.0. The van der Waals surface area contributed by atoms with E-state index in [1.807, 2.05) is 6.20 Å². The minimum Gasteiger partial charge on any atom is -0.341 e. The first kappa shape index (κ1) is 24.2. The fourth-order valence-corrected chi connectivity index (χ4v) is 4.46. The molecule has 6 N–H and O–H groups in total. The molecule has 0 saturated carbocycles. The fourth-order valence-electron chi connectivity index (χ4n) is 4.46. The standard InChI is InChI=1S/C30H36N6/c1-29(2,3)25(31)27-33-16-23(35-27)18-9-7-17(8-10-18)19-11-13-21-20(15-19)12-14-22-24(21)36-28(34-22)26(32)30(4,5)6/h7-16,25-26H,31-32H2,1-6H3,(H,33,35)(H,34,36)/t25-,26-/m1/s1. The first-order chi connectivity index (χ1) is 16.9. The van der Waals surface area contributed by atoms with E-state index < -0.39 is 0 Å². The van der Waals surface area contributed by atoms with E-state index in [9.17, 15) is 0 Å². The minimum atomic E-state index is -0.159. The van der Waals surface area contributed by atoms with Crippen LogP contribution in [-0.2, 0) is 0 Å². The van der Waals surface area contributed by atoms with Crippen molar-refractivity contribution in [1.29, 1.82) is 0 Å². The molecule has 3 aromatic carbocycles. The van der Waals surface area contributed by atoms with Crippen LogP contribution in [-0.4, -0.2) is 19.9 Å². The molecular formula is C30H36N6. The average Bonchev–Trinajstić information content (AvgIpc) is 3.49. The normalized spacial score (nSPS) is 14.4. The molecule has 0 spiro atoms. The average molecular weight is 481 g/mol. The Balaban J connectivity index is 1.44. The molecule has 6 heteroatoms. The number of nitrogens with two attached hydrogens (primary N) is 2. The van der Waals surface area contributed by atoms with Crippen molar-refractivity contribution >= 4 is 21.8 Å². The quantitative estimate of drug-likeness (QED) is 0.225. The summed E-state index contributed by atoms with van der Waals surface area (Å²) >= 11 is 0. The summed E-state index contributed by atoms with van der Waals surface area (Å²) in [7, 11) is 0. The molecule has 2 atom stereocenters. The number of aromatic amines is 2. The molecule has 0 radical (unpaired) electrons. The highest BCUT2D eigenvalue weighted by Crippen LogP contribution is 2.34. The first-order valence-electron chi connectivity index (χ1n) is 12.5. The number of hydrogen-bond donors (Lipinski definition) is 4. The molecule has 2 aromatic heterocycles. The Hall–Kier alpha value is -3.48. The Morgan fingerprint density at radius 3 is 1.97 bits per heavy atom. The lowest BCUT2D eigenvalue weighted by Crippen LogP contribution is -2.27. The summed E-state index contributed by atoms with van der Waals surface area (Å²) in [6.07, 6.45) is 1.86. The molecular weight excluding hydrogens is 444 g/mol. The molecule has 6 nitrogen and oxygen atoms in total. The van der Waals surface area contributed by atoms with E-state index >= 15 is 0 Å². The van der Waals surface area contributed by atoms with Crippen LogP contribution in [0.1, 0.15) is 65.3 Å². The van der Waals surface area contributed by atoms with E-state index in [2.05, 4.69) is 111 Å². The highest BCUT2D eigenvalue weighted by molar-refractivity contribution is 6.05. The minimum absolute atomic E-state index is 0.0585.